The van der Waals surface area contributed by atoms with Crippen molar-refractivity contribution in [2.75, 3.05) is 24.7 Å². The maximum Gasteiger partial charge on any atom is 0.122 e. The van der Waals surface area contributed by atoms with E-state index < -0.39 is 0 Å². The standard InChI is InChI=1S/C14H19NOS/c1-2-6-14-13(5-1)11(9-16-14)8-15-12-4-3-7-17-10-12/h1-2,5-6,11-12,15H,3-4,7-10H2. The van der Waals surface area contributed by atoms with Crippen LogP contribution in [0, 0.1) is 0 Å². The molecule has 0 bridgehead atoms. The second-order valence-electron chi connectivity index (χ2n) is 4.87. The van der Waals surface area contributed by atoms with Gasteiger partial charge in [0.25, 0.3) is 0 Å². The molecular formula is C14H19NOS. The lowest BCUT2D eigenvalue weighted by Crippen LogP contribution is -2.36. The first-order chi connectivity index (χ1) is 8.43. The van der Waals surface area contributed by atoms with E-state index in [0.29, 0.717) is 12.0 Å². The summed E-state index contributed by atoms with van der Waals surface area (Å²) in [7, 11) is 0. The highest BCUT2D eigenvalue weighted by Gasteiger charge is 2.24. The highest BCUT2D eigenvalue weighted by atomic mass is 32.2. The van der Waals surface area contributed by atoms with Crippen LogP contribution in [0.4, 0.5) is 0 Å². The number of thioether (sulfide) groups is 1. The second-order valence-corrected chi connectivity index (χ2v) is 6.02. The summed E-state index contributed by atoms with van der Waals surface area (Å²) in [4.78, 5) is 0. The topological polar surface area (TPSA) is 21.3 Å². The largest absolute Gasteiger partial charge is 0.493 e. The fraction of sp³-hybridized carbons (Fsp3) is 0.571. The Balaban J connectivity index is 1.56. The van der Waals surface area contributed by atoms with Crippen molar-refractivity contribution in [2.24, 2.45) is 0 Å². The molecule has 1 fully saturated rings. The van der Waals surface area contributed by atoms with Crippen LogP contribution in [0.3, 0.4) is 0 Å². The van der Waals surface area contributed by atoms with Crippen molar-refractivity contribution >= 4 is 11.8 Å². The Hall–Kier alpha value is -0.670. The summed E-state index contributed by atoms with van der Waals surface area (Å²) in [5.41, 5.74) is 1.38. The fourth-order valence-corrected chi connectivity index (χ4v) is 3.72. The molecule has 1 aromatic rings. The van der Waals surface area contributed by atoms with Crippen molar-refractivity contribution < 1.29 is 4.74 Å². The lowest BCUT2D eigenvalue weighted by Gasteiger charge is -2.23. The predicted octanol–water partition coefficient (Wildman–Crippen LogP) is 2.65. The van der Waals surface area contributed by atoms with E-state index >= 15 is 0 Å². The third kappa shape index (κ3) is 2.61. The molecule has 0 aromatic heterocycles. The lowest BCUT2D eigenvalue weighted by atomic mass is 10.0. The molecule has 0 aliphatic carbocycles. The highest BCUT2D eigenvalue weighted by molar-refractivity contribution is 7.99. The van der Waals surface area contributed by atoms with Gasteiger partial charge in [-0.1, -0.05) is 18.2 Å². The minimum absolute atomic E-state index is 0.540. The SMILES string of the molecule is c1ccc2c(c1)OCC2CNC1CCCSC1. The number of para-hydroxylation sites is 1. The van der Waals surface area contributed by atoms with Crippen LogP contribution < -0.4 is 10.1 Å². The van der Waals surface area contributed by atoms with Crippen LogP contribution in [0.2, 0.25) is 0 Å². The van der Waals surface area contributed by atoms with Gasteiger partial charge in [0.15, 0.2) is 0 Å². The van der Waals surface area contributed by atoms with Gasteiger partial charge in [0.1, 0.15) is 5.75 Å². The van der Waals surface area contributed by atoms with E-state index in [2.05, 4.69) is 35.3 Å². The number of benzene rings is 1. The summed E-state index contributed by atoms with van der Waals surface area (Å²) in [6, 6.07) is 9.14. The summed E-state index contributed by atoms with van der Waals surface area (Å²) < 4.78 is 5.71. The third-order valence-corrected chi connectivity index (χ3v) is 4.83. The molecule has 2 aliphatic heterocycles. The van der Waals surface area contributed by atoms with Gasteiger partial charge in [0, 0.05) is 29.8 Å². The number of nitrogens with one attached hydrogen (secondary N) is 1. The summed E-state index contributed by atoms with van der Waals surface area (Å²) in [5, 5.41) is 3.70. The zero-order chi connectivity index (χ0) is 11.5. The summed E-state index contributed by atoms with van der Waals surface area (Å²) in [6.45, 7) is 1.90. The van der Waals surface area contributed by atoms with Crippen LogP contribution in [-0.2, 0) is 0 Å². The quantitative estimate of drug-likeness (QED) is 0.890. The average Bonchev–Trinajstić information content (AvgIpc) is 2.81. The van der Waals surface area contributed by atoms with Crippen LogP contribution in [0.5, 0.6) is 5.75 Å². The van der Waals surface area contributed by atoms with E-state index in [1.807, 2.05) is 6.07 Å². The van der Waals surface area contributed by atoms with Gasteiger partial charge in [-0.05, 0) is 24.7 Å². The minimum atomic E-state index is 0.540. The molecular weight excluding hydrogens is 230 g/mol. The lowest BCUT2D eigenvalue weighted by molar-refractivity contribution is 0.322. The Morgan fingerprint density at radius 2 is 2.29 bits per heavy atom. The molecule has 1 aromatic carbocycles. The van der Waals surface area contributed by atoms with Gasteiger partial charge in [-0.2, -0.15) is 11.8 Å². The van der Waals surface area contributed by atoms with E-state index in [-0.39, 0.29) is 0 Å². The zero-order valence-electron chi connectivity index (χ0n) is 10.0. The molecule has 1 saturated heterocycles. The molecule has 0 spiro atoms. The molecule has 2 unspecified atom stereocenters. The molecule has 2 aliphatic rings. The third-order valence-electron chi connectivity index (χ3n) is 3.61. The van der Waals surface area contributed by atoms with Crippen molar-refractivity contribution in [1.82, 2.24) is 5.32 Å². The van der Waals surface area contributed by atoms with Gasteiger partial charge in [-0.15, -0.1) is 0 Å². The van der Waals surface area contributed by atoms with Crippen LogP contribution in [0.15, 0.2) is 24.3 Å². The Morgan fingerprint density at radius 1 is 1.35 bits per heavy atom. The first kappa shape index (κ1) is 11.4. The molecule has 1 N–H and O–H groups in total. The first-order valence-electron chi connectivity index (χ1n) is 6.46. The molecule has 0 saturated carbocycles. The van der Waals surface area contributed by atoms with Crippen molar-refractivity contribution in [3.05, 3.63) is 29.8 Å². The Labute approximate surface area is 107 Å². The van der Waals surface area contributed by atoms with Gasteiger partial charge >= 0.3 is 0 Å². The Kier molecular flexibility index (Phi) is 3.57. The van der Waals surface area contributed by atoms with Crippen molar-refractivity contribution in [3.8, 4) is 5.75 Å². The maximum absolute atomic E-state index is 5.71. The van der Waals surface area contributed by atoms with Gasteiger partial charge in [-0.3, -0.25) is 0 Å². The van der Waals surface area contributed by atoms with Gasteiger partial charge < -0.3 is 10.1 Å². The Morgan fingerprint density at radius 3 is 3.18 bits per heavy atom. The summed E-state index contributed by atoms with van der Waals surface area (Å²) in [5.74, 6) is 4.23. The van der Waals surface area contributed by atoms with E-state index in [4.69, 9.17) is 4.74 Å². The van der Waals surface area contributed by atoms with E-state index in [0.717, 1.165) is 18.9 Å². The molecule has 0 amide bonds. The molecule has 2 nitrogen and oxygen atoms in total. The van der Waals surface area contributed by atoms with Gasteiger partial charge in [0.2, 0.25) is 0 Å². The minimum Gasteiger partial charge on any atom is -0.493 e. The molecule has 3 heteroatoms. The zero-order valence-corrected chi connectivity index (χ0v) is 10.8. The predicted molar refractivity (Wildman–Crippen MR) is 73.0 cm³/mol. The molecule has 2 heterocycles. The van der Waals surface area contributed by atoms with E-state index in [1.165, 1.54) is 29.9 Å². The highest BCUT2D eigenvalue weighted by Crippen LogP contribution is 2.33. The number of ether oxygens (including phenoxy) is 1. The second kappa shape index (κ2) is 5.32. The smallest absolute Gasteiger partial charge is 0.122 e. The van der Waals surface area contributed by atoms with E-state index in [9.17, 15) is 0 Å². The molecule has 2 atom stereocenters. The number of fused-ring (bicyclic) bond motifs is 1. The van der Waals surface area contributed by atoms with Crippen molar-refractivity contribution in [3.63, 3.8) is 0 Å². The van der Waals surface area contributed by atoms with Crippen LogP contribution in [0.25, 0.3) is 0 Å². The summed E-state index contributed by atoms with van der Waals surface area (Å²) >= 11 is 2.08. The molecule has 3 rings (SSSR count). The van der Waals surface area contributed by atoms with Crippen LogP contribution in [-0.4, -0.2) is 30.7 Å². The van der Waals surface area contributed by atoms with Gasteiger partial charge in [-0.25, -0.2) is 0 Å². The van der Waals surface area contributed by atoms with Gasteiger partial charge in [0.05, 0.1) is 6.61 Å². The van der Waals surface area contributed by atoms with Crippen molar-refractivity contribution in [1.29, 1.82) is 0 Å². The molecule has 17 heavy (non-hydrogen) atoms. The Bertz CT molecular complexity index is 376. The monoisotopic (exact) mass is 249 g/mol. The average molecular weight is 249 g/mol. The van der Waals surface area contributed by atoms with Crippen LogP contribution in [0.1, 0.15) is 24.3 Å². The maximum atomic E-state index is 5.71. The molecule has 92 valence electrons. The summed E-state index contributed by atoms with van der Waals surface area (Å²) in [6.07, 6.45) is 2.70. The normalized spacial score (nSPS) is 27.5. The number of rotatable bonds is 3. The van der Waals surface area contributed by atoms with Crippen molar-refractivity contribution in [2.45, 2.75) is 24.8 Å². The van der Waals surface area contributed by atoms with Crippen LogP contribution >= 0.6 is 11.8 Å². The number of hydrogen-bond donors (Lipinski definition) is 1. The van der Waals surface area contributed by atoms with E-state index in [1.54, 1.807) is 0 Å². The number of hydrogen-bond acceptors (Lipinski definition) is 3. The fourth-order valence-electron chi connectivity index (χ4n) is 2.61. The molecule has 0 radical (unpaired) electrons. The first-order valence-corrected chi connectivity index (χ1v) is 7.62.